The minimum atomic E-state index is -4.67. The number of hydrogen-bond acceptors (Lipinski definition) is 8. The Hall–Kier alpha value is -4.89. The van der Waals surface area contributed by atoms with Gasteiger partial charge < -0.3 is 25.9 Å². The molecular weight excluding hydrogens is 525 g/mol. The average molecular weight is 551 g/mol. The van der Waals surface area contributed by atoms with E-state index in [-0.39, 0.29) is 39.6 Å². The first-order valence-corrected chi connectivity index (χ1v) is 12.0. The number of aromatic nitrogens is 2. The van der Waals surface area contributed by atoms with Gasteiger partial charge in [-0.3, -0.25) is 9.79 Å². The van der Waals surface area contributed by atoms with Gasteiger partial charge in [0.2, 0.25) is 5.89 Å². The molecule has 40 heavy (non-hydrogen) atoms. The number of carbonyl (C=O) groups excluding carboxylic acids is 1. The Labute approximate surface area is 227 Å². The molecule has 0 aliphatic rings. The molecule has 206 valence electrons. The molecule has 0 unspecified atom stereocenters. The van der Waals surface area contributed by atoms with Crippen LogP contribution >= 0.6 is 0 Å². The van der Waals surface area contributed by atoms with Gasteiger partial charge in [0.25, 0.3) is 5.91 Å². The van der Waals surface area contributed by atoms with Gasteiger partial charge in [-0.05, 0) is 62.0 Å². The number of methoxy groups -OCH3 is 1. The second-order valence-corrected chi connectivity index (χ2v) is 8.72. The van der Waals surface area contributed by atoms with Crippen molar-refractivity contribution in [2.45, 2.75) is 32.1 Å². The van der Waals surface area contributed by atoms with E-state index >= 15 is 0 Å². The van der Waals surface area contributed by atoms with Crippen molar-refractivity contribution in [2.75, 3.05) is 7.11 Å². The number of alkyl halides is 3. The monoisotopic (exact) mass is 550 g/mol. The first-order chi connectivity index (χ1) is 19.0. The highest BCUT2D eigenvalue weighted by molar-refractivity contribution is 5.97. The van der Waals surface area contributed by atoms with E-state index in [2.05, 4.69) is 32.4 Å². The summed E-state index contributed by atoms with van der Waals surface area (Å²) >= 11 is 0. The van der Waals surface area contributed by atoms with Crippen LogP contribution in [0.25, 0.3) is 22.4 Å². The van der Waals surface area contributed by atoms with Crippen molar-refractivity contribution in [1.82, 2.24) is 15.3 Å². The van der Waals surface area contributed by atoms with Crippen LogP contribution in [0.15, 0.2) is 58.1 Å². The number of fused-ring (bicyclic) bond motifs is 1. The third-order valence-electron chi connectivity index (χ3n) is 5.83. The molecule has 0 bridgehead atoms. The van der Waals surface area contributed by atoms with Gasteiger partial charge in [-0.25, -0.2) is 9.97 Å². The topological polar surface area (TPSA) is 142 Å². The Kier molecular flexibility index (Phi) is 8.06. The summed E-state index contributed by atoms with van der Waals surface area (Å²) in [5, 5.41) is 3.08. The van der Waals surface area contributed by atoms with E-state index in [1.54, 1.807) is 38.3 Å². The van der Waals surface area contributed by atoms with Crippen LogP contribution in [-0.4, -0.2) is 29.2 Å². The zero-order valence-corrected chi connectivity index (χ0v) is 21.7. The lowest BCUT2D eigenvalue weighted by atomic mass is 10.1. The lowest BCUT2D eigenvalue weighted by molar-refractivity contribution is -0.140. The number of oxazole rings is 1. The van der Waals surface area contributed by atoms with Crippen molar-refractivity contribution < 1.29 is 27.1 Å². The quantitative estimate of drug-likeness (QED) is 0.256. The average Bonchev–Trinajstić information content (AvgIpc) is 3.38. The number of nitrogens with two attached hydrogens (primary N) is 2. The first kappa shape index (κ1) is 28.1. The number of benzene rings is 1. The number of nitrogens with one attached hydrogen (secondary N) is 1. The highest BCUT2D eigenvalue weighted by atomic mass is 19.4. The third kappa shape index (κ3) is 5.89. The van der Waals surface area contributed by atoms with Crippen LogP contribution < -0.4 is 21.5 Å². The second-order valence-electron chi connectivity index (χ2n) is 8.72. The van der Waals surface area contributed by atoms with Crippen molar-refractivity contribution in [2.24, 2.45) is 16.5 Å². The maximum Gasteiger partial charge on any atom is 0.433 e. The molecule has 4 aromatic rings. The molecule has 0 aliphatic heterocycles. The zero-order valence-electron chi connectivity index (χ0n) is 21.7. The van der Waals surface area contributed by atoms with E-state index in [0.717, 1.165) is 11.6 Å². The highest BCUT2D eigenvalue weighted by Crippen LogP contribution is 2.35. The number of amides is 1. The summed E-state index contributed by atoms with van der Waals surface area (Å²) in [5.41, 5.74) is 11.7. The molecule has 0 fully saturated rings. The van der Waals surface area contributed by atoms with E-state index in [1.165, 1.54) is 19.4 Å². The van der Waals surface area contributed by atoms with Crippen LogP contribution in [0.5, 0.6) is 5.75 Å². The molecular formula is C28H25F3N6O3. The predicted molar refractivity (Wildman–Crippen MR) is 143 cm³/mol. The number of aliphatic imine (C=N–C) groups is 1. The molecule has 2 aromatic heterocycles. The summed E-state index contributed by atoms with van der Waals surface area (Å²) in [4.78, 5) is 25.5. The van der Waals surface area contributed by atoms with Crippen LogP contribution in [0.2, 0.25) is 0 Å². The van der Waals surface area contributed by atoms with Crippen molar-refractivity contribution >= 4 is 28.7 Å². The van der Waals surface area contributed by atoms with Gasteiger partial charge in [0.1, 0.15) is 11.2 Å². The Morgan fingerprint density at radius 1 is 1.15 bits per heavy atom. The Morgan fingerprint density at radius 2 is 1.88 bits per heavy atom. The van der Waals surface area contributed by atoms with Gasteiger partial charge in [-0.1, -0.05) is 18.2 Å². The summed E-state index contributed by atoms with van der Waals surface area (Å²) in [6.07, 6.45) is -0.138. The van der Waals surface area contributed by atoms with Crippen LogP contribution in [0, 0.1) is 12.1 Å². The third-order valence-corrected chi connectivity index (χ3v) is 5.83. The molecule has 2 atom stereocenters. The van der Waals surface area contributed by atoms with E-state index in [4.69, 9.17) is 20.6 Å². The number of nitrogens with zero attached hydrogens (tertiary/aromatic N) is 3. The molecule has 0 aliphatic carbocycles. The summed E-state index contributed by atoms with van der Waals surface area (Å²) in [6.45, 7) is 3.41. The lowest BCUT2D eigenvalue weighted by Crippen LogP contribution is -2.28. The number of allylic oxidation sites excluding steroid dienone is 1. The maximum absolute atomic E-state index is 13.3. The molecule has 0 radical (unpaired) electrons. The van der Waals surface area contributed by atoms with Crippen molar-refractivity contribution in [3.63, 3.8) is 0 Å². The highest BCUT2D eigenvalue weighted by Gasteiger charge is 2.33. The minimum Gasteiger partial charge on any atom is -0.487 e. The number of rotatable bonds is 8. The number of hydrogen-bond donors (Lipinski definition) is 3. The van der Waals surface area contributed by atoms with Crippen LogP contribution in [0.4, 0.5) is 18.9 Å². The maximum atomic E-state index is 13.3. The lowest BCUT2D eigenvalue weighted by Gasteiger charge is -2.14. The summed E-state index contributed by atoms with van der Waals surface area (Å²) in [7, 11) is 1.28. The number of ether oxygens (including phenoxy) is 1. The standard InChI is InChI=1S/C28H25F3N6O3/c1-15(33)25-24(26(38)35-16(2)17-5-7-18(8-6-17)34-14-4-13-32)37-27(40-25)20-9-11-21(39-3)23-19(20)10-12-22(36-23)28(29,30)31/h4-8,10,12-16H,32-33H2,1-3H3,(H,35,38)/t15-,16+/m0/s1. The van der Waals surface area contributed by atoms with E-state index in [9.17, 15) is 18.0 Å². The fourth-order valence-electron chi connectivity index (χ4n) is 3.84. The fourth-order valence-corrected chi connectivity index (χ4v) is 3.84. The smallest absolute Gasteiger partial charge is 0.433 e. The Balaban J connectivity index is 1.66. The second kappa shape index (κ2) is 11.5. The van der Waals surface area contributed by atoms with Gasteiger partial charge >= 0.3 is 6.18 Å². The van der Waals surface area contributed by atoms with E-state index in [0.29, 0.717) is 5.69 Å². The number of carbonyl (C=O) groups is 1. The molecule has 0 saturated heterocycles. The normalized spacial score (nSPS) is 13.5. The zero-order chi connectivity index (χ0) is 29.0. The first-order valence-electron chi connectivity index (χ1n) is 12.0. The van der Waals surface area contributed by atoms with Crippen LogP contribution in [0.1, 0.15) is 53.4 Å². The molecule has 0 spiro atoms. The summed E-state index contributed by atoms with van der Waals surface area (Å²) in [5.74, 6) is -0.577. The fraction of sp³-hybridized carbons (Fsp3) is 0.214. The molecule has 0 saturated carbocycles. The SMILES string of the molecule is COc1c#cc(-c2nc(C(=O)N[C@H](C)c3ccc(N=CC=CN)cc3)c([C@H](C)N)o2)c2ccc(C(F)(F)F)nc12. The molecule has 4 rings (SSSR count). The molecule has 1 amide bonds. The Bertz CT molecular complexity index is 1580. The van der Waals surface area contributed by atoms with Crippen LogP contribution in [-0.2, 0) is 6.18 Å². The number of pyridine rings is 1. The van der Waals surface area contributed by atoms with Gasteiger partial charge in [0, 0.05) is 11.6 Å². The van der Waals surface area contributed by atoms with Gasteiger partial charge in [-0.15, -0.1) is 0 Å². The molecule has 9 nitrogen and oxygen atoms in total. The summed E-state index contributed by atoms with van der Waals surface area (Å²) < 4.78 is 50.9. The van der Waals surface area contributed by atoms with Gasteiger partial charge in [0.05, 0.1) is 30.4 Å². The van der Waals surface area contributed by atoms with E-state index in [1.807, 2.05) is 12.1 Å². The minimum absolute atomic E-state index is 0.0387. The summed E-state index contributed by atoms with van der Waals surface area (Å²) in [6, 6.07) is 13.6. The number of halogens is 3. The van der Waals surface area contributed by atoms with E-state index < -0.39 is 29.9 Å². The largest absolute Gasteiger partial charge is 0.487 e. The van der Waals surface area contributed by atoms with Gasteiger partial charge in [-0.2, -0.15) is 13.2 Å². The van der Waals surface area contributed by atoms with Crippen molar-refractivity contribution in [3.05, 3.63) is 83.5 Å². The molecule has 2 heterocycles. The molecule has 12 heteroatoms. The Morgan fingerprint density at radius 3 is 2.50 bits per heavy atom. The van der Waals surface area contributed by atoms with Gasteiger partial charge in [0.15, 0.2) is 17.2 Å². The van der Waals surface area contributed by atoms with Crippen molar-refractivity contribution in [1.29, 1.82) is 0 Å². The molecule has 5 N–H and O–H groups in total. The van der Waals surface area contributed by atoms with Crippen molar-refractivity contribution in [3.8, 4) is 17.2 Å². The molecule has 2 aromatic carbocycles. The predicted octanol–water partition coefficient (Wildman–Crippen LogP) is 5.20. The van der Waals surface area contributed by atoms with Crippen LogP contribution in [0.3, 0.4) is 0 Å².